The van der Waals surface area contributed by atoms with E-state index in [1.54, 1.807) is 17.8 Å². The standard InChI is InChI=1S/C16H20BrN5O.ClH/c1-10-9-12(3-4-13(10)17)15(23)20-16-19-14(21-22(16)2)11-5-7-18-8-6-11;/h3-4,9,11,18H,5-8H2,1-2H3,(H,19,20,21,23);1H. The quantitative estimate of drug-likeness (QED) is 0.810. The van der Waals surface area contributed by atoms with Crippen LogP contribution in [0.1, 0.15) is 40.5 Å². The maximum absolute atomic E-state index is 12.4. The fourth-order valence-electron chi connectivity index (χ4n) is 2.73. The number of hydrogen-bond acceptors (Lipinski definition) is 4. The van der Waals surface area contributed by atoms with Crippen LogP contribution in [-0.4, -0.2) is 33.8 Å². The Kier molecular flexibility index (Phi) is 6.37. The lowest BCUT2D eigenvalue weighted by Gasteiger charge is -2.19. The van der Waals surface area contributed by atoms with Gasteiger partial charge >= 0.3 is 0 Å². The number of benzene rings is 1. The van der Waals surface area contributed by atoms with Crippen LogP contribution in [-0.2, 0) is 7.05 Å². The predicted molar refractivity (Wildman–Crippen MR) is 99.9 cm³/mol. The SMILES string of the molecule is Cc1cc(C(=O)Nc2nc(C3CCNCC3)nn2C)ccc1Br.Cl. The summed E-state index contributed by atoms with van der Waals surface area (Å²) in [5.74, 6) is 1.50. The molecule has 0 atom stereocenters. The molecule has 1 amide bonds. The van der Waals surface area contributed by atoms with Crippen LogP contribution in [0.4, 0.5) is 5.95 Å². The highest BCUT2D eigenvalue weighted by molar-refractivity contribution is 9.10. The first-order valence-corrected chi connectivity index (χ1v) is 8.53. The first kappa shape index (κ1) is 18.9. The third-order valence-electron chi connectivity index (χ3n) is 4.13. The van der Waals surface area contributed by atoms with Gasteiger partial charge < -0.3 is 5.32 Å². The molecule has 0 aliphatic carbocycles. The number of carbonyl (C=O) groups excluding carboxylic acids is 1. The van der Waals surface area contributed by atoms with Gasteiger partial charge in [0.1, 0.15) is 0 Å². The molecule has 24 heavy (non-hydrogen) atoms. The van der Waals surface area contributed by atoms with Crippen LogP contribution in [0.25, 0.3) is 0 Å². The Labute approximate surface area is 156 Å². The van der Waals surface area contributed by atoms with Crippen molar-refractivity contribution >= 4 is 40.2 Å². The van der Waals surface area contributed by atoms with Crippen molar-refractivity contribution in [2.45, 2.75) is 25.7 Å². The van der Waals surface area contributed by atoms with Gasteiger partial charge in [-0.25, -0.2) is 4.68 Å². The highest BCUT2D eigenvalue weighted by Crippen LogP contribution is 2.23. The van der Waals surface area contributed by atoms with E-state index in [1.165, 1.54) is 0 Å². The average molecular weight is 415 g/mol. The number of halogens is 2. The Hall–Kier alpha value is -1.44. The molecule has 1 aliphatic heterocycles. The van der Waals surface area contributed by atoms with E-state index in [4.69, 9.17) is 0 Å². The fraction of sp³-hybridized carbons (Fsp3) is 0.438. The molecule has 0 spiro atoms. The molecule has 1 fully saturated rings. The summed E-state index contributed by atoms with van der Waals surface area (Å²) in [5, 5.41) is 10.7. The number of aryl methyl sites for hydroxylation is 2. The fourth-order valence-corrected chi connectivity index (χ4v) is 2.97. The van der Waals surface area contributed by atoms with E-state index in [2.05, 4.69) is 36.6 Å². The van der Waals surface area contributed by atoms with E-state index < -0.39 is 0 Å². The normalized spacial score (nSPS) is 15.0. The predicted octanol–water partition coefficient (Wildman–Crippen LogP) is 3.03. The number of nitrogens with one attached hydrogen (secondary N) is 2. The van der Waals surface area contributed by atoms with Crippen LogP contribution in [0.15, 0.2) is 22.7 Å². The molecule has 3 rings (SSSR count). The van der Waals surface area contributed by atoms with Crippen molar-refractivity contribution in [2.75, 3.05) is 18.4 Å². The topological polar surface area (TPSA) is 71.8 Å². The van der Waals surface area contributed by atoms with Gasteiger partial charge in [-0.3, -0.25) is 10.1 Å². The van der Waals surface area contributed by atoms with Gasteiger partial charge in [-0.1, -0.05) is 15.9 Å². The summed E-state index contributed by atoms with van der Waals surface area (Å²) < 4.78 is 2.63. The Bertz CT molecular complexity index is 727. The molecule has 1 saturated heterocycles. The van der Waals surface area contributed by atoms with E-state index >= 15 is 0 Å². The lowest BCUT2D eigenvalue weighted by atomic mass is 9.98. The molecule has 2 aromatic rings. The van der Waals surface area contributed by atoms with Crippen molar-refractivity contribution in [3.8, 4) is 0 Å². The van der Waals surface area contributed by atoms with Gasteiger partial charge in [-0.15, -0.1) is 12.4 Å². The largest absolute Gasteiger partial charge is 0.317 e. The molecule has 8 heteroatoms. The van der Waals surface area contributed by atoms with Gasteiger partial charge in [0.25, 0.3) is 5.91 Å². The molecular formula is C16H21BrClN5O. The van der Waals surface area contributed by atoms with E-state index in [-0.39, 0.29) is 18.3 Å². The Morgan fingerprint density at radius 3 is 2.75 bits per heavy atom. The zero-order valence-electron chi connectivity index (χ0n) is 13.7. The maximum atomic E-state index is 12.4. The van der Waals surface area contributed by atoms with Crippen LogP contribution in [0.5, 0.6) is 0 Å². The second kappa shape index (κ2) is 8.09. The molecule has 6 nitrogen and oxygen atoms in total. The lowest BCUT2D eigenvalue weighted by molar-refractivity contribution is 0.102. The van der Waals surface area contributed by atoms with Crippen molar-refractivity contribution in [3.63, 3.8) is 0 Å². The minimum atomic E-state index is -0.173. The van der Waals surface area contributed by atoms with Crippen LogP contribution in [0.3, 0.4) is 0 Å². The van der Waals surface area contributed by atoms with Gasteiger partial charge in [-0.2, -0.15) is 10.1 Å². The van der Waals surface area contributed by atoms with E-state index in [9.17, 15) is 4.79 Å². The second-order valence-electron chi connectivity index (χ2n) is 5.86. The summed E-state index contributed by atoms with van der Waals surface area (Å²) in [5.41, 5.74) is 1.63. The number of aromatic nitrogens is 3. The maximum Gasteiger partial charge on any atom is 0.258 e. The monoisotopic (exact) mass is 413 g/mol. The van der Waals surface area contributed by atoms with Gasteiger partial charge in [0.05, 0.1) is 0 Å². The van der Waals surface area contributed by atoms with Crippen LogP contribution >= 0.6 is 28.3 Å². The minimum Gasteiger partial charge on any atom is -0.317 e. The molecule has 2 heterocycles. The molecule has 130 valence electrons. The molecule has 1 aromatic carbocycles. The summed E-state index contributed by atoms with van der Waals surface area (Å²) in [6.45, 7) is 3.93. The smallest absolute Gasteiger partial charge is 0.258 e. The van der Waals surface area contributed by atoms with Crippen molar-refractivity contribution in [2.24, 2.45) is 7.05 Å². The highest BCUT2D eigenvalue weighted by atomic mass is 79.9. The second-order valence-corrected chi connectivity index (χ2v) is 6.71. The summed E-state index contributed by atoms with van der Waals surface area (Å²) in [6, 6.07) is 5.52. The number of rotatable bonds is 3. The first-order chi connectivity index (χ1) is 11.0. The van der Waals surface area contributed by atoms with Gasteiger partial charge in [-0.05, 0) is 56.6 Å². The van der Waals surface area contributed by atoms with Crippen LogP contribution in [0.2, 0.25) is 0 Å². The summed E-state index contributed by atoms with van der Waals surface area (Å²) in [7, 11) is 1.81. The molecule has 0 saturated carbocycles. The number of nitrogens with zero attached hydrogens (tertiary/aromatic N) is 3. The molecule has 1 aromatic heterocycles. The molecule has 0 bridgehead atoms. The zero-order valence-corrected chi connectivity index (χ0v) is 16.1. The number of anilines is 1. The van der Waals surface area contributed by atoms with E-state index in [0.717, 1.165) is 41.8 Å². The Morgan fingerprint density at radius 1 is 1.38 bits per heavy atom. The molecule has 0 radical (unpaired) electrons. The van der Waals surface area contributed by atoms with Gasteiger partial charge in [0, 0.05) is 23.0 Å². The number of amides is 1. The van der Waals surface area contributed by atoms with E-state index in [0.29, 0.717) is 17.4 Å². The van der Waals surface area contributed by atoms with Crippen molar-refractivity contribution in [1.82, 2.24) is 20.1 Å². The van der Waals surface area contributed by atoms with E-state index in [1.807, 2.05) is 19.1 Å². The summed E-state index contributed by atoms with van der Waals surface area (Å²) in [6.07, 6.45) is 2.06. The zero-order chi connectivity index (χ0) is 16.4. The van der Waals surface area contributed by atoms with Crippen molar-refractivity contribution in [3.05, 3.63) is 39.6 Å². The third kappa shape index (κ3) is 4.15. The van der Waals surface area contributed by atoms with Crippen molar-refractivity contribution in [1.29, 1.82) is 0 Å². The van der Waals surface area contributed by atoms with Gasteiger partial charge in [0.15, 0.2) is 5.82 Å². The summed E-state index contributed by atoms with van der Waals surface area (Å²) >= 11 is 3.44. The first-order valence-electron chi connectivity index (χ1n) is 7.74. The molecular weight excluding hydrogens is 394 g/mol. The molecule has 2 N–H and O–H groups in total. The van der Waals surface area contributed by atoms with Crippen LogP contribution in [0, 0.1) is 6.92 Å². The third-order valence-corrected chi connectivity index (χ3v) is 5.02. The number of hydrogen-bond donors (Lipinski definition) is 2. The lowest BCUT2D eigenvalue weighted by Crippen LogP contribution is -2.27. The summed E-state index contributed by atoms with van der Waals surface area (Å²) in [4.78, 5) is 16.9. The number of carbonyl (C=O) groups is 1. The molecule has 1 aliphatic rings. The number of piperidine rings is 1. The Morgan fingerprint density at radius 2 is 2.08 bits per heavy atom. The average Bonchev–Trinajstić information content (AvgIpc) is 2.92. The van der Waals surface area contributed by atoms with Gasteiger partial charge in [0.2, 0.25) is 5.95 Å². The minimum absolute atomic E-state index is 0. The highest BCUT2D eigenvalue weighted by Gasteiger charge is 2.21. The van der Waals surface area contributed by atoms with Crippen molar-refractivity contribution < 1.29 is 4.79 Å². The molecule has 0 unspecified atom stereocenters. The Balaban J connectivity index is 0.00000208. The van der Waals surface area contributed by atoms with Crippen LogP contribution < -0.4 is 10.6 Å².